The van der Waals surface area contributed by atoms with Crippen molar-refractivity contribution in [2.24, 2.45) is 0 Å². The summed E-state index contributed by atoms with van der Waals surface area (Å²) in [5, 5.41) is 0. The van der Waals surface area contributed by atoms with Gasteiger partial charge in [0.15, 0.2) is 0 Å². The van der Waals surface area contributed by atoms with Crippen molar-refractivity contribution in [1.29, 1.82) is 0 Å². The SMILES string of the molecule is C=C/C(CC=C(C)C)=C(/OC(C)=O)c1ccccc1. The fraction of sp³-hybridized carbons (Fsp3) is 0.235. The predicted octanol–water partition coefficient (Wildman–Crippen LogP) is 4.50. The minimum Gasteiger partial charge on any atom is -0.426 e. The molecule has 2 heteroatoms. The quantitative estimate of drug-likeness (QED) is 0.335. The molecule has 0 bridgehead atoms. The average Bonchev–Trinajstić information content (AvgIpc) is 2.38. The van der Waals surface area contributed by atoms with Crippen LogP contribution in [0.3, 0.4) is 0 Å². The highest BCUT2D eigenvalue weighted by Gasteiger charge is 2.10. The summed E-state index contributed by atoms with van der Waals surface area (Å²) in [5.41, 5.74) is 3.01. The van der Waals surface area contributed by atoms with Crippen molar-refractivity contribution in [2.75, 3.05) is 0 Å². The number of benzene rings is 1. The van der Waals surface area contributed by atoms with Gasteiger partial charge in [-0.2, -0.15) is 0 Å². The lowest BCUT2D eigenvalue weighted by Crippen LogP contribution is -2.01. The zero-order valence-corrected chi connectivity index (χ0v) is 11.8. The molecule has 100 valence electrons. The maximum Gasteiger partial charge on any atom is 0.308 e. The van der Waals surface area contributed by atoms with E-state index < -0.39 is 0 Å². The lowest BCUT2D eigenvalue weighted by molar-refractivity contribution is -0.134. The third-order valence-corrected chi connectivity index (χ3v) is 2.55. The summed E-state index contributed by atoms with van der Waals surface area (Å²) in [6, 6.07) is 9.61. The molecular weight excluding hydrogens is 236 g/mol. The van der Waals surface area contributed by atoms with Crippen molar-refractivity contribution in [3.05, 3.63) is 65.8 Å². The van der Waals surface area contributed by atoms with E-state index in [0.29, 0.717) is 12.2 Å². The van der Waals surface area contributed by atoms with Gasteiger partial charge in [0.1, 0.15) is 5.76 Å². The first-order valence-electron chi connectivity index (χ1n) is 6.27. The van der Waals surface area contributed by atoms with Crippen molar-refractivity contribution in [3.8, 4) is 0 Å². The van der Waals surface area contributed by atoms with Gasteiger partial charge in [-0.05, 0) is 25.8 Å². The Kier molecular flexibility index (Phi) is 5.80. The third-order valence-electron chi connectivity index (χ3n) is 2.55. The van der Waals surface area contributed by atoms with Crippen LogP contribution in [0.25, 0.3) is 5.76 Å². The number of ether oxygens (including phenoxy) is 1. The van der Waals surface area contributed by atoms with Crippen molar-refractivity contribution in [2.45, 2.75) is 27.2 Å². The molecule has 0 amide bonds. The maximum absolute atomic E-state index is 11.3. The Hall–Kier alpha value is -2.09. The van der Waals surface area contributed by atoms with Crippen LogP contribution in [-0.2, 0) is 9.53 Å². The highest BCUT2D eigenvalue weighted by molar-refractivity contribution is 5.78. The zero-order valence-electron chi connectivity index (χ0n) is 11.8. The number of carbonyl (C=O) groups is 1. The first kappa shape index (κ1) is 15.0. The minimum absolute atomic E-state index is 0.324. The molecule has 2 nitrogen and oxygen atoms in total. The van der Waals surface area contributed by atoms with Crippen molar-refractivity contribution < 1.29 is 9.53 Å². The van der Waals surface area contributed by atoms with Crippen molar-refractivity contribution >= 4 is 11.7 Å². The largest absolute Gasteiger partial charge is 0.426 e. The Morgan fingerprint density at radius 3 is 2.32 bits per heavy atom. The van der Waals surface area contributed by atoms with Gasteiger partial charge in [-0.3, -0.25) is 4.79 Å². The zero-order chi connectivity index (χ0) is 14.3. The lowest BCUT2D eigenvalue weighted by Gasteiger charge is -2.11. The molecule has 0 radical (unpaired) electrons. The number of carbonyl (C=O) groups excluding carboxylic acids is 1. The molecule has 0 unspecified atom stereocenters. The monoisotopic (exact) mass is 256 g/mol. The maximum atomic E-state index is 11.3. The number of allylic oxidation sites excluding steroid dienone is 4. The Labute approximate surface area is 115 Å². The second-order valence-corrected chi connectivity index (χ2v) is 4.50. The Morgan fingerprint density at radius 1 is 1.21 bits per heavy atom. The molecular formula is C17H20O2. The van der Waals surface area contributed by atoms with E-state index in [1.807, 2.05) is 44.2 Å². The van der Waals surface area contributed by atoms with Gasteiger partial charge in [-0.25, -0.2) is 0 Å². The highest BCUT2D eigenvalue weighted by atomic mass is 16.5. The van der Waals surface area contributed by atoms with Crippen LogP contribution < -0.4 is 0 Å². The van der Waals surface area contributed by atoms with Gasteiger partial charge in [-0.1, -0.05) is 54.6 Å². The predicted molar refractivity (Wildman–Crippen MR) is 79.4 cm³/mol. The summed E-state index contributed by atoms with van der Waals surface area (Å²) in [5.74, 6) is 0.260. The fourth-order valence-corrected chi connectivity index (χ4v) is 1.63. The highest BCUT2D eigenvalue weighted by Crippen LogP contribution is 2.24. The van der Waals surface area contributed by atoms with Gasteiger partial charge in [0.2, 0.25) is 0 Å². The molecule has 0 aliphatic rings. The minimum atomic E-state index is -0.324. The van der Waals surface area contributed by atoms with Gasteiger partial charge in [0.05, 0.1) is 0 Å². The van der Waals surface area contributed by atoms with E-state index in [1.54, 1.807) is 6.08 Å². The van der Waals surface area contributed by atoms with Crippen LogP contribution in [0.5, 0.6) is 0 Å². The number of esters is 1. The summed E-state index contributed by atoms with van der Waals surface area (Å²) in [6.07, 6.45) is 4.53. The summed E-state index contributed by atoms with van der Waals surface area (Å²) in [4.78, 5) is 11.3. The van der Waals surface area contributed by atoms with Crippen molar-refractivity contribution in [1.82, 2.24) is 0 Å². The summed E-state index contributed by atoms with van der Waals surface area (Å²) in [7, 11) is 0. The van der Waals surface area contributed by atoms with E-state index in [4.69, 9.17) is 4.74 Å². The normalized spacial score (nSPS) is 11.3. The molecule has 0 saturated heterocycles. The number of hydrogen-bond donors (Lipinski definition) is 0. The van der Waals surface area contributed by atoms with E-state index in [2.05, 4.69) is 12.7 Å². The number of hydrogen-bond acceptors (Lipinski definition) is 2. The molecule has 0 fully saturated rings. The summed E-state index contributed by atoms with van der Waals surface area (Å²) < 4.78 is 5.36. The smallest absolute Gasteiger partial charge is 0.308 e. The molecule has 0 aromatic heterocycles. The topological polar surface area (TPSA) is 26.3 Å². The molecule has 0 spiro atoms. The molecule has 0 heterocycles. The van der Waals surface area contributed by atoms with Crippen molar-refractivity contribution in [3.63, 3.8) is 0 Å². The van der Waals surface area contributed by atoms with Crippen LogP contribution in [0.2, 0.25) is 0 Å². The Morgan fingerprint density at radius 2 is 1.84 bits per heavy atom. The van der Waals surface area contributed by atoms with E-state index in [1.165, 1.54) is 12.5 Å². The van der Waals surface area contributed by atoms with Gasteiger partial charge >= 0.3 is 5.97 Å². The Balaban J connectivity index is 3.22. The molecule has 0 aliphatic heterocycles. The molecule has 0 atom stereocenters. The first-order valence-corrected chi connectivity index (χ1v) is 6.27. The van der Waals surface area contributed by atoms with Gasteiger partial charge in [0, 0.05) is 12.5 Å². The lowest BCUT2D eigenvalue weighted by atomic mass is 10.0. The van der Waals surface area contributed by atoms with E-state index in [-0.39, 0.29) is 5.97 Å². The molecule has 1 aromatic carbocycles. The average molecular weight is 256 g/mol. The summed E-state index contributed by atoms with van der Waals surface area (Å²) in [6.45, 7) is 9.29. The third kappa shape index (κ3) is 4.96. The van der Waals surface area contributed by atoms with E-state index in [0.717, 1.165) is 11.1 Å². The molecule has 0 N–H and O–H groups in total. The van der Waals surface area contributed by atoms with Crippen LogP contribution in [0.4, 0.5) is 0 Å². The molecule has 0 saturated carbocycles. The molecule has 0 aliphatic carbocycles. The molecule has 1 rings (SSSR count). The van der Waals surface area contributed by atoms with Crippen LogP contribution in [-0.4, -0.2) is 5.97 Å². The van der Waals surface area contributed by atoms with E-state index in [9.17, 15) is 4.79 Å². The standard InChI is InChI=1S/C17H20O2/c1-5-15(12-11-13(2)3)17(19-14(4)18)16-9-7-6-8-10-16/h5-11H,1,12H2,2-4H3/b17-15-. The molecule has 19 heavy (non-hydrogen) atoms. The molecule has 1 aromatic rings. The van der Waals surface area contributed by atoms with Crippen LogP contribution in [0, 0.1) is 0 Å². The second kappa shape index (κ2) is 7.37. The van der Waals surface area contributed by atoms with Crippen LogP contribution >= 0.6 is 0 Å². The van der Waals surface area contributed by atoms with Crippen LogP contribution in [0.1, 0.15) is 32.8 Å². The fourth-order valence-electron chi connectivity index (χ4n) is 1.63. The second-order valence-electron chi connectivity index (χ2n) is 4.50. The summed E-state index contributed by atoms with van der Waals surface area (Å²) >= 11 is 0. The Bertz CT molecular complexity index is 503. The van der Waals surface area contributed by atoms with Gasteiger partial charge < -0.3 is 4.74 Å². The van der Waals surface area contributed by atoms with E-state index >= 15 is 0 Å². The van der Waals surface area contributed by atoms with Gasteiger partial charge in [0.25, 0.3) is 0 Å². The van der Waals surface area contributed by atoms with Gasteiger partial charge in [-0.15, -0.1) is 0 Å². The van der Waals surface area contributed by atoms with Crippen LogP contribution in [0.15, 0.2) is 60.2 Å². The number of rotatable bonds is 5. The first-order chi connectivity index (χ1) is 9.04.